The number of amides is 1. The number of benzene rings is 1. The number of carbonyl (C=O) groups is 4. The zero-order valence-corrected chi connectivity index (χ0v) is 20.8. The molecule has 3 aliphatic heterocycles. The Morgan fingerprint density at radius 3 is 2.43 bits per heavy atom. The normalized spacial score (nSPS) is 35.5. The second-order valence-electron chi connectivity index (χ2n) is 10.3. The van der Waals surface area contributed by atoms with Gasteiger partial charge in [-0.15, -0.1) is 0 Å². The molecule has 1 amide bonds. The summed E-state index contributed by atoms with van der Waals surface area (Å²) >= 11 is 0. The standard InChI is InChI=1S/C26H32N2O7/c1-14(34-16(3)30)26(35-17(4)31)13-27-11-10-25-18-8-6-7-9-20(18)28(15(2)29)23(25)22(24(32)33-5)19(26)12-21(25)27/h6-9,14,19,21-23H,10-13H2,1-5H3/t14-,19+,21-,22+,23-,25?,26+/m0/s1. The Kier molecular flexibility index (Phi) is 5.47. The summed E-state index contributed by atoms with van der Waals surface area (Å²) in [4.78, 5) is 55.2. The highest BCUT2D eigenvalue weighted by Crippen LogP contribution is 2.64. The van der Waals surface area contributed by atoms with E-state index in [9.17, 15) is 19.2 Å². The fraction of sp³-hybridized carbons (Fsp3) is 0.615. The first-order valence-electron chi connectivity index (χ1n) is 12.2. The number of carbonyl (C=O) groups excluding carboxylic acids is 4. The van der Waals surface area contributed by atoms with Crippen LogP contribution in [0.4, 0.5) is 5.69 Å². The SMILES string of the molecule is COC(=O)[C@H]1[C@@H]2N(C(C)=O)c3ccccc3C23CCN2C[C@@](OC(C)=O)([C@H](C)OC(C)=O)[C@@H]1C[C@H]23. The number of rotatable bonds is 4. The number of esters is 3. The van der Waals surface area contributed by atoms with Crippen molar-refractivity contribution in [2.75, 3.05) is 25.1 Å². The summed E-state index contributed by atoms with van der Waals surface area (Å²) in [6.07, 6.45) is 0.501. The smallest absolute Gasteiger partial charge is 0.311 e. The van der Waals surface area contributed by atoms with Crippen LogP contribution in [0.15, 0.2) is 24.3 Å². The number of ether oxygens (including phenoxy) is 3. The molecule has 0 radical (unpaired) electrons. The van der Waals surface area contributed by atoms with Crippen molar-refractivity contribution in [1.82, 2.24) is 4.90 Å². The molecule has 3 fully saturated rings. The van der Waals surface area contributed by atoms with Crippen LogP contribution in [0, 0.1) is 11.8 Å². The first-order valence-corrected chi connectivity index (χ1v) is 12.2. The third-order valence-corrected chi connectivity index (χ3v) is 8.83. The maximum Gasteiger partial charge on any atom is 0.311 e. The highest BCUT2D eigenvalue weighted by molar-refractivity contribution is 5.97. The quantitative estimate of drug-likeness (QED) is 0.471. The van der Waals surface area contributed by atoms with E-state index in [2.05, 4.69) is 11.0 Å². The van der Waals surface area contributed by atoms with Gasteiger partial charge in [-0.05, 0) is 37.9 Å². The summed E-state index contributed by atoms with van der Waals surface area (Å²) in [5.74, 6) is -2.90. The molecule has 1 aromatic carbocycles. The molecular formula is C26H32N2O7. The maximum atomic E-state index is 13.6. The van der Waals surface area contributed by atoms with Crippen LogP contribution in [0.5, 0.6) is 0 Å². The summed E-state index contributed by atoms with van der Waals surface area (Å²) in [6, 6.07) is 7.42. The molecule has 9 heteroatoms. The molecule has 1 aromatic rings. The molecule has 188 valence electrons. The van der Waals surface area contributed by atoms with Crippen molar-refractivity contribution in [3.8, 4) is 0 Å². The Labute approximate surface area is 204 Å². The largest absolute Gasteiger partial charge is 0.469 e. The van der Waals surface area contributed by atoms with E-state index in [4.69, 9.17) is 14.2 Å². The highest BCUT2D eigenvalue weighted by Gasteiger charge is 2.74. The third kappa shape index (κ3) is 3.09. The summed E-state index contributed by atoms with van der Waals surface area (Å²) < 4.78 is 17.0. The van der Waals surface area contributed by atoms with E-state index in [1.165, 1.54) is 27.9 Å². The van der Waals surface area contributed by atoms with Gasteiger partial charge in [0, 0.05) is 50.4 Å². The van der Waals surface area contributed by atoms with Gasteiger partial charge in [0.25, 0.3) is 0 Å². The molecule has 1 spiro atoms. The van der Waals surface area contributed by atoms with Crippen molar-refractivity contribution in [2.45, 2.75) is 69.7 Å². The number of methoxy groups -OCH3 is 1. The van der Waals surface area contributed by atoms with Gasteiger partial charge < -0.3 is 19.1 Å². The van der Waals surface area contributed by atoms with Crippen LogP contribution in [-0.4, -0.2) is 72.7 Å². The van der Waals surface area contributed by atoms with E-state index >= 15 is 0 Å². The van der Waals surface area contributed by atoms with Crippen molar-refractivity contribution in [3.63, 3.8) is 0 Å². The molecule has 2 bridgehead atoms. The maximum absolute atomic E-state index is 13.6. The lowest BCUT2D eigenvalue weighted by atomic mass is 9.52. The van der Waals surface area contributed by atoms with E-state index < -0.39 is 52.9 Å². The lowest BCUT2D eigenvalue weighted by Crippen LogP contribution is -2.74. The third-order valence-electron chi connectivity index (χ3n) is 8.83. The van der Waals surface area contributed by atoms with Crippen LogP contribution in [-0.2, 0) is 38.8 Å². The summed E-state index contributed by atoms with van der Waals surface area (Å²) in [7, 11) is 1.34. The van der Waals surface area contributed by atoms with Crippen molar-refractivity contribution in [1.29, 1.82) is 0 Å². The minimum atomic E-state index is -1.26. The minimum absolute atomic E-state index is 0.0390. The molecule has 0 N–H and O–H groups in total. The average Bonchev–Trinajstić information content (AvgIpc) is 3.32. The number of hydrogen-bond donors (Lipinski definition) is 0. The van der Waals surface area contributed by atoms with Crippen LogP contribution in [0.3, 0.4) is 0 Å². The number of hydrogen-bond acceptors (Lipinski definition) is 8. The van der Waals surface area contributed by atoms with E-state index in [1.54, 1.807) is 11.8 Å². The highest BCUT2D eigenvalue weighted by atomic mass is 16.6. The molecule has 1 saturated carbocycles. The molecule has 5 rings (SSSR count). The van der Waals surface area contributed by atoms with E-state index in [-0.39, 0.29) is 11.9 Å². The molecular weight excluding hydrogens is 452 g/mol. The molecule has 7 atom stereocenters. The van der Waals surface area contributed by atoms with Crippen molar-refractivity contribution in [3.05, 3.63) is 29.8 Å². The van der Waals surface area contributed by atoms with Gasteiger partial charge in [0.1, 0.15) is 6.10 Å². The summed E-state index contributed by atoms with van der Waals surface area (Å²) in [5, 5.41) is 0. The summed E-state index contributed by atoms with van der Waals surface area (Å²) in [6.45, 7) is 6.91. The second kappa shape index (κ2) is 8.05. The molecule has 35 heavy (non-hydrogen) atoms. The Hall–Kier alpha value is -2.94. The second-order valence-corrected chi connectivity index (χ2v) is 10.3. The molecule has 2 saturated heterocycles. The molecule has 0 aromatic heterocycles. The molecule has 9 nitrogen and oxygen atoms in total. The number of nitrogens with zero attached hydrogens (tertiary/aromatic N) is 2. The molecule has 1 aliphatic carbocycles. The molecule has 4 aliphatic rings. The average molecular weight is 485 g/mol. The van der Waals surface area contributed by atoms with Crippen molar-refractivity contribution in [2.24, 2.45) is 11.8 Å². The topological polar surface area (TPSA) is 102 Å². The lowest BCUT2D eigenvalue weighted by molar-refractivity contribution is -0.225. The number of fused-ring (bicyclic) bond motifs is 2. The van der Waals surface area contributed by atoms with E-state index in [0.717, 1.165) is 17.7 Å². The van der Waals surface area contributed by atoms with Crippen LogP contribution in [0.25, 0.3) is 0 Å². The van der Waals surface area contributed by atoms with Crippen molar-refractivity contribution >= 4 is 29.5 Å². The van der Waals surface area contributed by atoms with Gasteiger partial charge in [0.15, 0.2) is 5.60 Å². The predicted molar refractivity (Wildman–Crippen MR) is 124 cm³/mol. The number of anilines is 1. The summed E-state index contributed by atoms with van der Waals surface area (Å²) in [5.41, 5.74) is 0.193. The van der Waals surface area contributed by atoms with Crippen LogP contribution in [0.2, 0.25) is 0 Å². The molecule has 3 heterocycles. The van der Waals surface area contributed by atoms with Crippen LogP contribution in [0.1, 0.15) is 46.1 Å². The number of para-hydroxylation sites is 1. The minimum Gasteiger partial charge on any atom is -0.469 e. The van der Waals surface area contributed by atoms with Crippen molar-refractivity contribution < 1.29 is 33.4 Å². The first-order chi connectivity index (χ1) is 16.6. The van der Waals surface area contributed by atoms with Gasteiger partial charge in [-0.2, -0.15) is 0 Å². The zero-order chi connectivity index (χ0) is 25.3. The van der Waals surface area contributed by atoms with Gasteiger partial charge in [0.2, 0.25) is 5.91 Å². The first kappa shape index (κ1) is 23.8. The van der Waals surface area contributed by atoms with Gasteiger partial charge in [-0.1, -0.05) is 18.2 Å². The van der Waals surface area contributed by atoms with Gasteiger partial charge in [0.05, 0.1) is 19.1 Å². The lowest BCUT2D eigenvalue weighted by Gasteiger charge is -2.60. The predicted octanol–water partition coefficient (Wildman–Crippen LogP) is 1.81. The Morgan fingerprint density at radius 1 is 1.09 bits per heavy atom. The van der Waals surface area contributed by atoms with E-state index in [0.29, 0.717) is 19.5 Å². The van der Waals surface area contributed by atoms with Gasteiger partial charge >= 0.3 is 17.9 Å². The van der Waals surface area contributed by atoms with Crippen LogP contribution >= 0.6 is 0 Å². The monoisotopic (exact) mass is 484 g/mol. The molecule has 1 unspecified atom stereocenters. The van der Waals surface area contributed by atoms with Gasteiger partial charge in [-0.3, -0.25) is 24.1 Å². The Balaban J connectivity index is 1.75. The Morgan fingerprint density at radius 2 is 1.80 bits per heavy atom. The van der Waals surface area contributed by atoms with Crippen LogP contribution < -0.4 is 4.90 Å². The van der Waals surface area contributed by atoms with Gasteiger partial charge in [-0.25, -0.2) is 0 Å². The van der Waals surface area contributed by atoms with E-state index in [1.807, 2.05) is 18.2 Å². The Bertz CT molecular complexity index is 1100. The zero-order valence-electron chi connectivity index (χ0n) is 20.8. The fourth-order valence-electron chi connectivity index (χ4n) is 7.86. The fourth-order valence-corrected chi connectivity index (χ4v) is 7.86. The number of piperidine rings is 1.